The molecule has 1 unspecified atom stereocenters. The van der Waals surface area contributed by atoms with E-state index in [0.29, 0.717) is 15.7 Å². The highest BCUT2D eigenvalue weighted by molar-refractivity contribution is 14.1. The van der Waals surface area contributed by atoms with Crippen LogP contribution in [-0.2, 0) is 0 Å². The van der Waals surface area contributed by atoms with Crippen LogP contribution in [0.4, 0.5) is 10.1 Å². The quantitative estimate of drug-likeness (QED) is 0.843. The smallest absolute Gasteiger partial charge is 0.138 e. The summed E-state index contributed by atoms with van der Waals surface area (Å²) in [6, 6.07) is 6.24. The molecule has 4 heteroatoms. The number of nitrogens with one attached hydrogen (secondary N) is 1. The second kappa shape index (κ2) is 5.52. The molecule has 0 spiro atoms. The molecule has 1 atom stereocenters. The zero-order chi connectivity index (χ0) is 12.4. The summed E-state index contributed by atoms with van der Waals surface area (Å²) < 4.78 is 14.1. The van der Waals surface area contributed by atoms with Crippen LogP contribution >= 0.6 is 22.6 Å². The van der Waals surface area contributed by atoms with E-state index in [1.54, 1.807) is 6.07 Å². The summed E-state index contributed by atoms with van der Waals surface area (Å²) in [7, 11) is 0. The van der Waals surface area contributed by atoms with Gasteiger partial charge < -0.3 is 5.32 Å². The van der Waals surface area contributed by atoms with Crippen molar-refractivity contribution in [2.24, 2.45) is 0 Å². The lowest BCUT2D eigenvalue weighted by molar-refractivity contribution is 0.274. The van der Waals surface area contributed by atoms with E-state index < -0.39 is 0 Å². The molecule has 0 aromatic heterocycles. The van der Waals surface area contributed by atoms with Crippen molar-refractivity contribution in [2.45, 2.75) is 32.4 Å². The molecule has 1 aliphatic heterocycles. The van der Waals surface area contributed by atoms with Crippen LogP contribution in [0.2, 0.25) is 0 Å². The first-order valence-corrected chi connectivity index (χ1v) is 7.10. The molecule has 1 aliphatic rings. The normalized spacial score (nSPS) is 21.1. The van der Waals surface area contributed by atoms with Crippen molar-refractivity contribution in [3.05, 3.63) is 27.6 Å². The Hall–Kier alpha value is -0.360. The number of halogens is 2. The first kappa shape index (κ1) is 13.1. The van der Waals surface area contributed by atoms with Gasteiger partial charge in [0.2, 0.25) is 0 Å². The number of hydrogen-bond donors (Lipinski definition) is 1. The third kappa shape index (κ3) is 3.10. The van der Waals surface area contributed by atoms with Crippen LogP contribution in [0.5, 0.6) is 0 Å². The summed E-state index contributed by atoms with van der Waals surface area (Å²) in [6.45, 7) is 6.61. The molecule has 0 aliphatic carbocycles. The molecule has 1 aromatic carbocycles. The molecule has 1 heterocycles. The molecule has 0 amide bonds. The fourth-order valence-corrected chi connectivity index (χ4v) is 2.72. The molecule has 1 fully saturated rings. The SMILES string of the molecule is CC(C)N1CCC(Nc2cccc(F)c2I)C1. The summed E-state index contributed by atoms with van der Waals surface area (Å²) in [5, 5.41) is 3.45. The van der Waals surface area contributed by atoms with Crippen LogP contribution < -0.4 is 5.32 Å². The van der Waals surface area contributed by atoms with Crippen molar-refractivity contribution in [3.63, 3.8) is 0 Å². The fraction of sp³-hybridized carbons (Fsp3) is 0.538. The van der Waals surface area contributed by atoms with Gasteiger partial charge in [-0.1, -0.05) is 6.07 Å². The maximum Gasteiger partial charge on any atom is 0.138 e. The second-order valence-corrected chi connectivity index (χ2v) is 5.90. The Morgan fingerprint density at radius 2 is 2.24 bits per heavy atom. The van der Waals surface area contributed by atoms with Gasteiger partial charge >= 0.3 is 0 Å². The van der Waals surface area contributed by atoms with Gasteiger partial charge in [-0.15, -0.1) is 0 Å². The van der Waals surface area contributed by atoms with E-state index in [1.807, 2.05) is 6.07 Å². The van der Waals surface area contributed by atoms with E-state index >= 15 is 0 Å². The Morgan fingerprint density at radius 3 is 2.88 bits per heavy atom. The van der Waals surface area contributed by atoms with Crippen LogP contribution in [-0.4, -0.2) is 30.1 Å². The summed E-state index contributed by atoms with van der Waals surface area (Å²) in [6.07, 6.45) is 1.13. The van der Waals surface area contributed by atoms with Gasteiger partial charge in [0.15, 0.2) is 0 Å². The predicted molar refractivity (Wildman–Crippen MR) is 77.9 cm³/mol. The average Bonchev–Trinajstić information content (AvgIpc) is 2.73. The zero-order valence-corrected chi connectivity index (χ0v) is 12.4. The Kier molecular flexibility index (Phi) is 4.25. The standard InChI is InChI=1S/C13H18FIN2/c1-9(2)17-7-6-10(8-17)16-12-5-3-4-11(14)13(12)15/h3-5,9-10,16H,6-8H2,1-2H3. The van der Waals surface area contributed by atoms with E-state index in [9.17, 15) is 4.39 Å². The number of benzene rings is 1. The minimum absolute atomic E-state index is 0.144. The minimum atomic E-state index is -0.144. The van der Waals surface area contributed by atoms with E-state index in [1.165, 1.54) is 6.07 Å². The third-order valence-electron chi connectivity index (χ3n) is 3.26. The van der Waals surface area contributed by atoms with E-state index in [0.717, 1.165) is 25.2 Å². The van der Waals surface area contributed by atoms with Crippen LogP contribution in [0, 0.1) is 9.39 Å². The zero-order valence-electron chi connectivity index (χ0n) is 10.2. The molecule has 17 heavy (non-hydrogen) atoms. The van der Waals surface area contributed by atoms with Crippen LogP contribution in [0.3, 0.4) is 0 Å². The molecular weight excluding hydrogens is 330 g/mol. The number of likely N-dealkylation sites (tertiary alicyclic amines) is 1. The molecule has 94 valence electrons. The molecule has 1 aromatic rings. The van der Waals surface area contributed by atoms with Crippen molar-refractivity contribution in [3.8, 4) is 0 Å². The van der Waals surface area contributed by atoms with Crippen molar-refractivity contribution in [1.29, 1.82) is 0 Å². The van der Waals surface area contributed by atoms with Gasteiger partial charge in [-0.05, 0) is 55.0 Å². The molecule has 2 nitrogen and oxygen atoms in total. The summed E-state index contributed by atoms with van der Waals surface area (Å²) in [5.41, 5.74) is 0.918. The number of anilines is 1. The van der Waals surface area contributed by atoms with E-state index in [-0.39, 0.29) is 5.82 Å². The van der Waals surface area contributed by atoms with Gasteiger partial charge in [0.1, 0.15) is 5.82 Å². The maximum atomic E-state index is 13.4. The van der Waals surface area contributed by atoms with E-state index in [2.05, 4.69) is 46.7 Å². The summed E-state index contributed by atoms with van der Waals surface area (Å²) in [4.78, 5) is 2.45. The first-order valence-electron chi connectivity index (χ1n) is 6.02. The van der Waals surface area contributed by atoms with Gasteiger partial charge in [-0.3, -0.25) is 4.90 Å². The van der Waals surface area contributed by atoms with Gasteiger partial charge in [0, 0.05) is 25.2 Å². The summed E-state index contributed by atoms with van der Waals surface area (Å²) in [5.74, 6) is -0.144. The minimum Gasteiger partial charge on any atom is -0.380 e. The van der Waals surface area contributed by atoms with Gasteiger partial charge in [0.05, 0.1) is 9.26 Å². The molecular formula is C13H18FIN2. The molecule has 0 saturated carbocycles. The van der Waals surface area contributed by atoms with Gasteiger partial charge in [-0.2, -0.15) is 0 Å². The summed E-state index contributed by atoms with van der Waals surface area (Å²) >= 11 is 2.06. The first-order chi connectivity index (χ1) is 8.08. The lowest BCUT2D eigenvalue weighted by atomic mass is 10.2. The van der Waals surface area contributed by atoms with Crippen molar-refractivity contribution >= 4 is 28.3 Å². The highest BCUT2D eigenvalue weighted by Gasteiger charge is 2.24. The van der Waals surface area contributed by atoms with E-state index in [4.69, 9.17) is 0 Å². The lowest BCUT2D eigenvalue weighted by Gasteiger charge is -2.21. The number of hydrogen-bond acceptors (Lipinski definition) is 2. The molecule has 2 rings (SSSR count). The van der Waals surface area contributed by atoms with Crippen molar-refractivity contribution < 1.29 is 4.39 Å². The predicted octanol–water partition coefficient (Wildman–Crippen LogP) is 3.32. The van der Waals surface area contributed by atoms with Gasteiger partial charge in [-0.25, -0.2) is 4.39 Å². The number of rotatable bonds is 3. The number of nitrogens with zero attached hydrogens (tertiary/aromatic N) is 1. The fourth-order valence-electron chi connectivity index (χ4n) is 2.21. The lowest BCUT2D eigenvalue weighted by Crippen LogP contribution is -2.31. The highest BCUT2D eigenvalue weighted by atomic mass is 127. The third-order valence-corrected chi connectivity index (χ3v) is 4.36. The van der Waals surface area contributed by atoms with Crippen LogP contribution in [0.15, 0.2) is 18.2 Å². The van der Waals surface area contributed by atoms with Gasteiger partial charge in [0.25, 0.3) is 0 Å². The van der Waals surface area contributed by atoms with Crippen molar-refractivity contribution in [1.82, 2.24) is 4.90 Å². The largest absolute Gasteiger partial charge is 0.380 e. The van der Waals surface area contributed by atoms with Crippen molar-refractivity contribution in [2.75, 3.05) is 18.4 Å². The molecule has 1 N–H and O–H groups in total. The monoisotopic (exact) mass is 348 g/mol. The topological polar surface area (TPSA) is 15.3 Å². The Balaban J connectivity index is 2.00. The molecule has 1 saturated heterocycles. The van der Waals surface area contributed by atoms with Crippen LogP contribution in [0.25, 0.3) is 0 Å². The highest BCUT2D eigenvalue weighted by Crippen LogP contribution is 2.24. The Labute approximate surface area is 116 Å². The maximum absolute atomic E-state index is 13.4. The second-order valence-electron chi connectivity index (χ2n) is 4.82. The molecule has 0 bridgehead atoms. The average molecular weight is 348 g/mol. The van der Waals surface area contributed by atoms with Crippen LogP contribution in [0.1, 0.15) is 20.3 Å². The molecule has 0 radical (unpaired) electrons. The Morgan fingerprint density at radius 1 is 1.47 bits per heavy atom. The Bertz CT molecular complexity index is 395.